The minimum atomic E-state index is -0.360. The molecule has 0 saturated heterocycles. The number of hydrogen-bond donors (Lipinski definition) is 0. The minimum absolute atomic E-state index is 0.360. The van der Waals surface area contributed by atoms with Crippen LogP contribution in [0.25, 0.3) is 22.4 Å². The Kier molecular flexibility index (Phi) is 7.54. The first-order valence-electron chi connectivity index (χ1n) is 10.8. The number of hydrogen-bond acceptors (Lipinski definition) is 8. The number of nitrogens with zero attached hydrogens (tertiary/aromatic N) is 3. The van der Waals surface area contributed by atoms with Gasteiger partial charge >= 0.3 is 5.63 Å². The summed E-state index contributed by atoms with van der Waals surface area (Å²) in [6, 6.07) is 13.1. The van der Waals surface area contributed by atoms with Gasteiger partial charge in [-0.3, -0.25) is 0 Å². The Bertz CT molecular complexity index is 1350. The van der Waals surface area contributed by atoms with Gasteiger partial charge in [0, 0.05) is 43.0 Å². The van der Waals surface area contributed by atoms with Gasteiger partial charge in [-0.2, -0.15) is 0 Å². The molecule has 0 N–H and O–H groups in total. The van der Waals surface area contributed by atoms with Crippen molar-refractivity contribution in [3.8, 4) is 22.9 Å². The van der Waals surface area contributed by atoms with E-state index in [2.05, 4.69) is 14.8 Å². The van der Waals surface area contributed by atoms with Crippen molar-refractivity contribution in [2.75, 3.05) is 27.9 Å². The van der Waals surface area contributed by atoms with Gasteiger partial charge in [-0.1, -0.05) is 23.9 Å². The van der Waals surface area contributed by atoms with E-state index in [1.165, 1.54) is 11.8 Å². The number of methoxy groups -OCH3 is 3. The van der Waals surface area contributed by atoms with Crippen molar-refractivity contribution in [2.24, 2.45) is 0 Å². The summed E-state index contributed by atoms with van der Waals surface area (Å²) in [5.74, 6) is 2.56. The fourth-order valence-corrected chi connectivity index (χ4v) is 4.71. The van der Waals surface area contributed by atoms with E-state index in [1.807, 2.05) is 43.3 Å². The van der Waals surface area contributed by atoms with Crippen LogP contribution in [0.5, 0.6) is 11.5 Å². The molecule has 0 amide bonds. The predicted octanol–water partition coefficient (Wildman–Crippen LogP) is 4.71. The van der Waals surface area contributed by atoms with Crippen molar-refractivity contribution in [3.63, 3.8) is 0 Å². The summed E-state index contributed by atoms with van der Waals surface area (Å²) in [4.78, 5) is 12.1. The smallest absolute Gasteiger partial charge is 0.336 e. The summed E-state index contributed by atoms with van der Waals surface area (Å²) in [6.07, 6.45) is 0.805. The molecule has 0 aliphatic rings. The number of thioether (sulfide) groups is 1. The Morgan fingerprint density at radius 1 is 1.00 bits per heavy atom. The van der Waals surface area contributed by atoms with Crippen molar-refractivity contribution < 1.29 is 18.6 Å². The summed E-state index contributed by atoms with van der Waals surface area (Å²) in [6.45, 7) is 3.28. The van der Waals surface area contributed by atoms with E-state index < -0.39 is 0 Å². The molecule has 0 saturated carbocycles. The number of benzene rings is 2. The molecule has 0 radical (unpaired) electrons. The second-order valence-corrected chi connectivity index (χ2v) is 8.70. The highest BCUT2D eigenvalue weighted by molar-refractivity contribution is 7.98. The predicted molar refractivity (Wildman–Crippen MR) is 132 cm³/mol. The summed E-state index contributed by atoms with van der Waals surface area (Å²) >= 11 is 1.53. The second kappa shape index (κ2) is 10.8. The van der Waals surface area contributed by atoms with Crippen LogP contribution in [0.15, 0.2) is 56.8 Å². The molecule has 0 unspecified atom stereocenters. The highest BCUT2D eigenvalue weighted by Gasteiger charge is 2.17. The van der Waals surface area contributed by atoms with Gasteiger partial charge < -0.3 is 23.2 Å². The minimum Gasteiger partial charge on any atom is -0.493 e. The molecule has 0 aliphatic heterocycles. The Balaban J connectivity index is 1.67. The van der Waals surface area contributed by atoms with E-state index in [4.69, 9.17) is 18.6 Å². The molecule has 2 aromatic heterocycles. The summed E-state index contributed by atoms with van der Waals surface area (Å²) in [5.41, 5.74) is 3.04. The SMILES string of the molecule is COCCCn1c(SCc2cc(=O)oc3cc(C)ccc23)nnc1-c1ccc(OC)c(OC)c1. The molecule has 8 nitrogen and oxygen atoms in total. The lowest BCUT2D eigenvalue weighted by atomic mass is 10.1. The summed E-state index contributed by atoms with van der Waals surface area (Å²) < 4.78 is 23.5. The molecule has 34 heavy (non-hydrogen) atoms. The van der Waals surface area contributed by atoms with Crippen LogP contribution in [0.2, 0.25) is 0 Å². The highest BCUT2D eigenvalue weighted by Crippen LogP contribution is 2.34. The zero-order valence-electron chi connectivity index (χ0n) is 19.7. The summed E-state index contributed by atoms with van der Waals surface area (Å²) in [7, 11) is 4.90. The van der Waals surface area contributed by atoms with Crippen molar-refractivity contribution in [1.29, 1.82) is 0 Å². The Labute approximate surface area is 201 Å². The van der Waals surface area contributed by atoms with Crippen LogP contribution >= 0.6 is 11.8 Å². The van der Waals surface area contributed by atoms with Crippen LogP contribution in [-0.4, -0.2) is 42.7 Å². The van der Waals surface area contributed by atoms with Crippen LogP contribution in [0.4, 0.5) is 0 Å². The lowest BCUT2D eigenvalue weighted by molar-refractivity contribution is 0.189. The van der Waals surface area contributed by atoms with Gasteiger partial charge in [0.15, 0.2) is 22.5 Å². The molecule has 178 valence electrons. The third-order valence-corrected chi connectivity index (χ3v) is 6.45. The zero-order valence-corrected chi connectivity index (χ0v) is 20.5. The molecule has 2 aromatic carbocycles. The Morgan fingerprint density at radius 2 is 1.82 bits per heavy atom. The van der Waals surface area contributed by atoms with E-state index in [0.717, 1.165) is 39.5 Å². The maximum Gasteiger partial charge on any atom is 0.336 e. The van der Waals surface area contributed by atoms with Crippen LogP contribution in [-0.2, 0) is 17.0 Å². The van der Waals surface area contributed by atoms with E-state index >= 15 is 0 Å². The van der Waals surface area contributed by atoms with Gasteiger partial charge in [0.05, 0.1) is 14.2 Å². The molecule has 9 heteroatoms. The average molecular weight is 482 g/mol. The van der Waals surface area contributed by atoms with Gasteiger partial charge in [-0.25, -0.2) is 4.79 Å². The van der Waals surface area contributed by atoms with Crippen molar-refractivity contribution >= 4 is 22.7 Å². The number of aryl methyl sites for hydroxylation is 1. The van der Waals surface area contributed by atoms with Crippen LogP contribution < -0.4 is 15.1 Å². The second-order valence-electron chi connectivity index (χ2n) is 7.75. The molecule has 4 aromatic rings. The fraction of sp³-hybridized carbons (Fsp3) is 0.320. The topological polar surface area (TPSA) is 88.6 Å². The van der Waals surface area contributed by atoms with Gasteiger partial charge in [0.25, 0.3) is 0 Å². The van der Waals surface area contributed by atoms with Gasteiger partial charge in [0.2, 0.25) is 0 Å². The van der Waals surface area contributed by atoms with Crippen molar-refractivity contribution in [1.82, 2.24) is 14.8 Å². The van der Waals surface area contributed by atoms with Crippen LogP contribution in [0.3, 0.4) is 0 Å². The van der Waals surface area contributed by atoms with E-state index in [9.17, 15) is 4.79 Å². The van der Waals surface area contributed by atoms with E-state index in [-0.39, 0.29) is 5.63 Å². The molecule has 0 fully saturated rings. The normalized spacial score (nSPS) is 11.2. The molecule has 0 bridgehead atoms. The molecule has 0 aliphatic carbocycles. The van der Waals surface area contributed by atoms with Crippen LogP contribution in [0, 0.1) is 6.92 Å². The zero-order chi connectivity index (χ0) is 24.1. The fourth-order valence-electron chi connectivity index (χ4n) is 3.75. The molecular formula is C25H27N3O5S. The van der Waals surface area contributed by atoms with Crippen molar-refractivity contribution in [2.45, 2.75) is 30.8 Å². The first-order chi connectivity index (χ1) is 16.5. The van der Waals surface area contributed by atoms with Crippen LogP contribution in [0.1, 0.15) is 17.5 Å². The maximum atomic E-state index is 12.1. The largest absolute Gasteiger partial charge is 0.493 e. The van der Waals surface area contributed by atoms with E-state index in [1.54, 1.807) is 27.4 Å². The third kappa shape index (κ3) is 5.10. The number of ether oxygens (including phenoxy) is 3. The number of aromatic nitrogens is 3. The average Bonchev–Trinajstić information content (AvgIpc) is 3.24. The lowest BCUT2D eigenvalue weighted by Crippen LogP contribution is -2.06. The third-order valence-electron chi connectivity index (χ3n) is 5.43. The molecular weight excluding hydrogens is 454 g/mol. The molecule has 4 rings (SSSR count). The molecule has 2 heterocycles. The van der Waals surface area contributed by atoms with Gasteiger partial charge in [-0.05, 0) is 48.7 Å². The number of rotatable bonds is 10. The molecule has 0 spiro atoms. The highest BCUT2D eigenvalue weighted by atomic mass is 32.2. The van der Waals surface area contributed by atoms with E-state index in [0.29, 0.717) is 36.0 Å². The van der Waals surface area contributed by atoms with Gasteiger partial charge in [0.1, 0.15) is 5.58 Å². The van der Waals surface area contributed by atoms with Gasteiger partial charge in [-0.15, -0.1) is 10.2 Å². The molecule has 0 atom stereocenters. The lowest BCUT2D eigenvalue weighted by Gasteiger charge is -2.12. The number of fused-ring (bicyclic) bond motifs is 1. The first-order valence-corrected chi connectivity index (χ1v) is 11.8. The Hall–Kier alpha value is -3.30. The Morgan fingerprint density at radius 3 is 2.59 bits per heavy atom. The maximum absolute atomic E-state index is 12.1. The first kappa shape index (κ1) is 23.8. The monoisotopic (exact) mass is 481 g/mol. The quantitative estimate of drug-likeness (QED) is 0.183. The standard InChI is InChI=1S/C25H27N3O5S/c1-16-6-8-19-18(14-23(29)33-21(19)12-16)15-34-25-27-26-24(28(25)10-5-11-30-2)17-7-9-20(31-3)22(13-17)32-4/h6-9,12-14H,5,10-11,15H2,1-4H3. The summed E-state index contributed by atoms with van der Waals surface area (Å²) in [5, 5.41) is 10.6. The van der Waals surface area contributed by atoms with Crippen molar-refractivity contribution in [3.05, 3.63) is 64.0 Å².